The summed E-state index contributed by atoms with van der Waals surface area (Å²) in [5.41, 5.74) is 12.8. The number of hydrogen-bond donors (Lipinski definition) is 0. The Morgan fingerprint density at radius 1 is 0.701 bits per heavy atom. The van der Waals surface area contributed by atoms with E-state index in [1.54, 1.807) is 0 Å². The molecule has 3 aliphatic rings. The Hall–Kier alpha value is -5.06. The first-order chi connectivity index (χ1) is 32.2. The Morgan fingerprint density at radius 2 is 1.33 bits per heavy atom. The van der Waals surface area contributed by atoms with E-state index in [1.165, 1.54) is 68.4 Å². The molecule has 0 saturated heterocycles. The van der Waals surface area contributed by atoms with Gasteiger partial charge in [0, 0.05) is 73.5 Å². The molecular weight excluding hydrogens is 979 g/mol. The normalized spacial score (nSPS) is 17.8. The predicted octanol–water partition coefficient (Wildman–Crippen LogP) is 15.5. The predicted molar refractivity (Wildman–Crippen MR) is 286 cm³/mol. The van der Waals surface area contributed by atoms with Crippen LogP contribution < -0.4 is 9.80 Å². The van der Waals surface area contributed by atoms with E-state index in [4.69, 9.17) is 0 Å². The number of halogens is 2. The number of nitrogens with zero attached hydrogens (tertiary/aromatic N) is 3. The van der Waals surface area contributed by atoms with Gasteiger partial charge in [0.05, 0.1) is 21.2 Å². The first kappa shape index (κ1) is 47.0. The molecule has 9 rings (SSSR count). The first-order valence-corrected chi connectivity index (χ1v) is 26.9. The molecule has 9 heteroatoms. The monoisotopic (exact) mass is 1040 g/mol. The molecule has 6 aromatic carbocycles. The molecule has 0 spiro atoms. The van der Waals surface area contributed by atoms with Gasteiger partial charge in [-0.3, -0.25) is 0 Å². The number of para-hydroxylation sites is 2. The van der Waals surface area contributed by atoms with Crippen molar-refractivity contribution >= 4 is 92.0 Å². The van der Waals surface area contributed by atoms with E-state index >= 15 is 0 Å². The van der Waals surface area contributed by atoms with Gasteiger partial charge in [-0.1, -0.05) is 126 Å². The maximum atomic E-state index is 11.7. The highest BCUT2D eigenvalue weighted by atomic mass is 79.9. The molecule has 0 bridgehead atoms. The summed E-state index contributed by atoms with van der Waals surface area (Å²) in [4.78, 5) is 4.80. The van der Waals surface area contributed by atoms with Crippen molar-refractivity contribution < 1.29 is 17.5 Å². The van der Waals surface area contributed by atoms with E-state index in [9.17, 15) is 13.0 Å². The van der Waals surface area contributed by atoms with Gasteiger partial charge in [0.2, 0.25) is 5.69 Å². The van der Waals surface area contributed by atoms with Crippen LogP contribution in [0.25, 0.3) is 21.5 Å². The molecule has 67 heavy (non-hydrogen) atoms. The molecule has 0 N–H and O–H groups in total. The molecule has 2 aliphatic heterocycles. The second kappa shape index (κ2) is 19.1. The van der Waals surface area contributed by atoms with E-state index in [2.05, 4.69) is 226 Å². The molecule has 6 nitrogen and oxygen atoms in total. The van der Waals surface area contributed by atoms with Crippen LogP contribution in [0.4, 0.5) is 22.7 Å². The summed E-state index contributed by atoms with van der Waals surface area (Å²) in [6.45, 7) is 13.2. The van der Waals surface area contributed by atoms with Crippen molar-refractivity contribution in [1.29, 1.82) is 0 Å². The van der Waals surface area contributed by atoms with Crippen LogP contribution in [0.15, 0.2) is 177 Å². The van der Waals surface area contributed by atoms with Gasteiger partial charge in [-0.25, -0.2) is 8.42 Å². The number of unbranched alkanes of at least 4 members (excludes halogenated alkanes) is 3. The maximum Gasteiger partial charge on any atom is 0.210 e. The SMILES string of the molecule is CCCCC[N+]1=C(/C=C/C2=C(N(c3ccccc3)c3ccccc3)C(=C/C=C3/N(CCCCS(=O)(=O)[O-])c4ccc5cc(Br)ccc5c4C3(C)C)/CC2)C(C)(C)c2c1ccc1cc(Br)ccc21. The third-order valence-electron chi connectivity index (χ3n) is 14.0. The van der Waals surface area contributed by atoms with Crippen molar-refractivity contribution in [3.63, 3.8) is 0 Å². The molecule has 1 aliphatic carbocycles. The van der Waals surface area contributed by atoms with Crippen LogP contribution in [0.3, 0.4) is 0 Å². The van der Waals surface area contributed by atoms with Gasteiger partial charge in [-0.05, 0) is 151 Å². The van der Waals surface area contributed by atoms with E-state index < -0.39 is 10.1 Å². The third kappa shape index (κ3) is 9.29. The summed E-state index contributed by atoms with van der Waals surface area (Å²) in [6.07, 6.45) is 15.6. The number of benzene rings is 6. The molecule has 0 saturated carbocycles. The van der Waals surface area contributed by atoms with Crippen molar-refractivity contribution in [3.8, 4) is 0 Å². The molecule has 0 unspecified atom stereocenters. The lowest BCUT2D eigenvalue weighted by Crippen LogP contribution is -2.28. The van der Waals surface area contributed by atoms with Gasteiger partial charge in [0.25, 0.3) is 0 Å². The average Bonchev–Trinajstić information content (AvgIpc) is 3.87. The summed E-state index contributed by atoms with van der Waals surface area (Å²) in [5.74, 6) is -0.362. The van der Waals surface area contributed by atoms with Gasteiger partial charge >= 0.3 is 0 Å². The molecule has 0 fully saturated rings. The minimum absolute atomic E-state index is 0.239. The van der Waals surface area contributed by atoms with Crippen molar-refractivity contribution in [1.82, 2.24) is 0 Å². The van der Waals surface area contributed by atoms with Crippen LogP contribution >= 0.6 is 31.9 Å². The highest BCUT2D eigenvalue weighted by Gasteiger charge is 2.46. The van der Waals surface area contributed by atoms with E-state index in [0.29, 0.717) is 19.4 Å². The quantitative estimate of drug-likeness (QED) is 0.0582. The van der Waals surface area contributed by atoms with Crippen molar-refractivity contribution in [3.05, 3.63) is 188 Å². The lowest BCUT2D eigenvalue weighted by atomic mass is 9.79. The fourth-order valence-corrected chi connectivity index (χ4v) is 12.2. The fourth-order valence-electron chi connectivity index (χ4n) is 10.9. The molecule has 0 amide bonds. The van der Waals surface area contributed by atoms with Crippen LogP contribution in [0.1, 0.15) is 90.7 Å². The molecule has 0 atom stereocenters. The van der Waals surface area contributed by atoms with Gasteiger partial charge in [-0.2, -0.15) is 4.58 Å². The number of rotatable bonds is 15. The van der Waals surface area contributed by atoms with Crippen molar-refractivity contribution in [2.24, 2.45) is 0 Å². The molecule has 0 radical (unpaired) electrons. The van der Waals surface area contributed by atoms with E-state index in [0.717, 1.165) is 62.9 Å². The largest absolute Gasteiger partial charge is 0.748 e. The van der Waals surface area contributed by atoms with Crippen LogP contribution in [-0.2, 0) is 20.9 Å². The Balaban J connectivity index is 1.20. The Morgan fingerprint density at radius 3 is 1.96 bits per heavy atom. The third-order valence-corrected chi connectivity index (χ3v) is 15.8. The summed E-state index contributed by atoms with van der Waals surface area (Å²) in [7, 11) is -4.30. The second-order valence-corrected chi connectivity index (χ2v) is 22.6. The summed E-state index contributed by atoms with van der Waals surface area (Å²) in [6, 6.07) is 43.5. The fraction of sp³-hybridized carbons (Fsp3) is 0.293. The van der Waals surface area contributed by atoms with Crippen molar-refractivity contribution in [2.75, 3.05) is 28.6 Å². The molecule has 0 aromatic heterocycles. The second-order valence-electron chi connectivity index (χ2n) is 19.2. The first-order valence-electron chi connectivity index (χ1n) is 23.7. The number of hydrogen-bond acceptors (Lipinski definition) is 5. The standard InChI is InChI=1S/C58H59Br2N3O3S/c1-6-7-14-35-61-50-31-23-42-38-44(59)27-29-48(42)54(50)57(2,3)52(61)33-25-40-21-22-41(56(40)63(46-17-10-8-11-18-46)47-19-12-9-13-20-47)26-34-53-58(4,5)55-49-30-28-45(60)39-43(49)24-32-51(55)62(53)36-15-16-37-67(64,65)66/h8-13,17-20,23-34,38-39H,6-7,14-16,21-22,35-37H2,1-5H3. The van der Waals surface area contributed by atoms with Crippen LogP contribution in [0, 0.1) is 0 Å². The average molecular weight is 1040 g/mol. The number of fused-ring (bicyclic) bond motifs is 6. The van der Waals surface area contributed by atoms with Gasteiger partial charge in [0.1, 0.15) is 6.54 Å². The minimum atomic E-state index is -4.30. The van der Waals surface area contributed by atoms with Crippen LogP contribution in [0.2, 0.25) is 0 Å². The summed E-state index contributed by atoms with van der Waals surface area (Å²) in [5, 5.41) is 4.90. The Kier molecular flexibility index (Phi) is 13.4. The molecule has 6 aromatic rings. The number of allylic oxidation sites excluding steroid dienone is 7. The minimum Gasteiger partial charge on any atom is -0.748 e. The topological polar surface area (TPSA) is 66.7 Å². The highest BCUT2D eigenvalue weighted by molar-refractivity contribution is 9.10. The van der Waals surface area contributed by atoms with Gasteiger partial charge < -0.3 is 14.4 Å². The van der Waals surface area contributed by atoms with Crippen LogP contribution in [0.5, 0.6) is 0 Å². The van der Waals surface area contributed by atoms with E-state index in [1.807, 2.05) is 0 Å². The number of anilines is 3. The molecule has 344 valence electrons. The van der Waals surface area contributed by atoms with Crippen molar-refractivity contribution in [2.45, 2.75) is 90.4 Å². The zero-order valence-corrected chi connectivity index (χ0v) is 43.1. The lowest BCUT2D eigenvalue weighted by molar-refractivity contribution is -0.438. The maximum absolute atomic E-state index is 11.7. The van der Waals surface area contributed by atoms with Crippen LogP contribution in [-0.4, -0.2) is 42.1 Å². The van der Waals surface area contributed by atoms with Gasteiger partial charge in [0.15, 0.2) is 5.71 Å². The van der Waals surface area contributed by atoms with Gasteiger partial charge in [-0.15, -0.1) is 0 Å². The molecule has 2 heterocycles. The smallest absolute Gasteiger partial charge is 0.210 e. The summed E-state index contributed by atoms with van der Waals surface area (Å²) >= 11 is 7.41. The lowest BCUT2D eigenvalue weighted by Gasteiger charge is -2.29. The van der Waals surface area contributed by atoms with E-state index in [-0.39, 0.29) is 16.6 Å². The molecular formula is C58H59Br2N3O3S. The Labute approximate surface area is 414 Å². The zero-order valence-electron chi connectivity index (χ0n) is 39.2. The summed E-state index contributed by atoms with van der Waals surface area (Å²) < 4.78 is 39.7. The Bertz CT molecular complexity index is 3110. The highest BCUT2D eigenvalue weighted by Crippen LogP contribution is 2.52. The zero-order chi connectivity index (χ0) is 47.1.